The van der Waals surface area contributed by atoms with Gasteiger partial charge in [-0.3, -0.25) is 4.79 Å². The van der Waals surface area contributed by atoms with E-state index in [0.29, 0.717) is 38.8 Å². The summed E-state index contributed by atoms with van der Waals surface area (Å²) in [4.78, 5) is 11.2. The number of hydrogen-bond acceptors (Lipinski definition) is 4. The molecular formula is C11H25NO4Si. The van der Waals surface area contributed by atoms with Crippen molar-refractivity contribution in [2.75, 3.05) is 26.4 Å². The first-order valence-electron chi connectivity index (χ1n) is 6.32. The molecule has 0 aromatic heterocycles. The molecule has 0 radical (unpaired) electrons. The summed E-state index contributed by atoms with van der Waals surface area (Å²) < 4.78 is 17.0. The standard InChI is InChI=1S/C11H25NO4Si/c1-5-11(13)12-9-10-17(14-6-2,15-7-3)16-8-4/h5-10H2,1-4H3,(H,12,13). The minimum atomic E-state index is -2.59. The Balaban J connectivity index is 4.27. The molecule has 0 bridgehead atoms. The molecule has 0 atom stereocenters. The van der Waals surface area contributed by atoms with Gasteiger partial charge in [-0.05, 0) is 20.8 Å². The summed E-state index contributed by atoms with van der Waals surface area (Å²) in [6, 6.07) is 0.619. The van der Waals surface area contributed by atoms with Crippen molar-refractivity contribution >= 4 is 14.7 Å². The Morgan fingerprint density at radius 2 is 1.47 bits per heavy atom. The number of hydrogen-bond donors (Lipinski definition) is 1. The molecule has 0 aromatic rings. The van der Waals surface area contributed by atoms with Gasteiger partial charge in [-0.2, -0.15) is 0 Å². The summed E-state index contributed by atoms with van der Waals surface area (Å²) in [6.07, 6.45) is 0.493. The van der Waals surface area contributed by atoms with Crippen LogP contribution in [0.2, 0.25) is 6.04 Å². The highest BCUT2D eigenvalue weighted by Gasteiger charge is 2.39. The maximum atomic E-state index is 11.2. The summed E-state index contributed by atoms with van der Waals surface area (Å²) in [6.45, 7) is 9.82. The first-order valence-corrected chi connectivity index (χ1v) is 8.25. The molecule has 0 saturated heterocycles. The fraction of sp³-hybridized carbons (Fsp3) is 0.909. The first-order chi connectivity index (χ1) is 8.14. The van der Waals surface area contributed by atoms with E-state index in [1.54, 1.807) is 0 Å². The van der Waals surface area contributed by atoms with Crippen LogP contribution in [0.25, 0.3) is 0 Å². The van der Waals surface area contributed by atoms with Crippen LogP contribution < -0.4 is 5.32 Å². The molecule has 17 heavy (non-hydrogen) atoms. The molecule has 0 rings (SSSR count). The van der Waals surface area contributed by atoms with Crippen molar-refractivity contribution < 1.29 is 18.1 Å². The van der Waals surface area contributed by atoms with Gasteiger partial charge in [-0.1, -0.05) is 6.92 Å². The predicted molar refractivity (Wildman–Crippen MR) is 68.7 cm³/mol. The van der Waals surface area contributed by atoms with Crippen LogP contribution >= 0.6 is 0 Å². The zero-order valence-electron chi connectivity index (χ0n) is 11.4. The summed E-state index contributed by atoms with van der Waals surface area (Å²) in [5, 5.41) is 2.82. The summed E-state index contributed by atoms with van der Waals surface area (Å²) in [5.41, 5.74) is 0. The van der Waals surface area contributed by atoms with Crippen molar-refractivity contribution in [2.45, 2.75) is 40.2 Å². The lowest BCUT2D eigenvalue weighted by Crippen LogP contribution is -2.48. The van der Waals surface area contributed by atoms with Crippen molar-refractivity contribution in [2.24, 2.45) is 0 Å². The second kappa shape index (κ2) is 9.58. The molecule has 1 amide bonds. The van der Waals surface area contributed by atoms with E-state index in [9.17, 15) is 4.79 Å². The van der Waals surface area contributed by atoms with Crippen LogP contribution in [0.1, 0.15) is 34.1 Å². The molecule has 0 aliphatic rings. The molecular weight excluding hydrogens is 238 g/mol. The molecule has 0 spiro atoms. The molecule has 0 saturated carbocycles. The van der Waals surface area contributed by atoms with E-state index in [1.807, 2.05) is 27.7 Å². The molecule has 102 valence electrons. The summed E-state index contributed by atoms with van der Waals surface area (Å²) >= 11 is 0. The fourth-order valence-electron chi connectivity index (χ4n) is 1.48. The number of nitrogens with one attached hydrogen (secondary N) is 1. The Bertz CT molecular complexity index is 197. The number of rotatable bonds is 10. The molecule has 0 aliphatic carbocycles. The summed E-state index contributed by atoms with van der Waals surface area (Å²) in [7, 11) is -2.59. The third-order valence-electron chi connectivity index (χ3n) is 2.17. The van der Waals surface area contributed by atoms with Crippen LogP contribution in [0, 0.1) is 0 Å². The maximum Gasteiger partial charge on any atom is 0.502 e. The van der Waals surface area contributed by atoms with E-state index in [1.165, 1.54) is 0 Å². The van der Waals surface area contributed by atoms with Gasteiger partial charge in [0.1, 0.15) is 0 Å². The number of amides is 1. The van der Waals surface area contributed by atoms with Gasteiger partial charge in [0.25, 0.3) is 0 Å². The third-order valence-corrected chi connectivity index (χ3v) is 5.22. The van der Waals surface area contributed by atoms with E-state index >= 15 is 0 Å². The topological polar surface area (TPSA) is 56.8 Å². The van der Waals surface area contributed by atoms with Gasteiger partial charge in [0, 0.05) is 38.8 Å². The van der Waals surface area contributed by atoms with Gasteiger partial charge >= 0.3 is 8.80 Å². The van der Waals surface area contributed by atoms with Crippen LogP contribution in [-0.2, 0) is 18.1 Å². The average Bonchev–Trinajstić information content (AvgIpc) is 2.30. The van der Waals surface area contributed by atoms with E-state index in [-0.39, 0.29) is 5.91 Å². The number of carbonyl (C=O) groups is 1. The van der Waals surface area contributed by atoms with Gasteiger partial charge in [0.2, 0.25) is 5.91 Å². The molecule has 1 N–H and O–H groups in total. The normalized spacial score (nSPS) is 11.5. The van der Waals surface area contributed by atoms with Crippen LogP contribution in [0.5, 0.6) is 0 Å². The molecule has 0 aromatic carbocycles. The third kappa shape index (κ3) is 6.77. The highest BCUT2D eigenvalue weighted by Crippen LogP contribution is 2.15. The smallest absolute Gasteiger partial charge is 0.374 e. The minimum Gasteiger partial charge on any atom is -0.374 e. The molecule has 0 heterocycles. The predicted octanol–water partition coefficient (Wildman–Crippen LogP) is 1.56. The van der Waals surface area contributed by atoms with Gasteiger partial charge < -0.3 is 18.6 Å². The lowest BCUT2D eigenvalue weighted by atomic mass is 10.4. The lowest BCUT2D eigenvalue weighted by Gasteiger charge is -2.28. The Kier molecular flexibility index (Phi) is 9.34. The molecule has 5 nitrogen and oxygen atoms in total. The molecule has 0 unspecified atom stereocenters. The molecule has 0 fully saturated rings. The van der Waals surface area contributed by atoms with E-state index < -0.39 is 8.80 Å². The van der Waals surface area contributed by atoms with Crippen LogP contribution in [0.3, 0.4) is 0 Å². The monoisotopic (exact) mass is 263 g/mol. The van der Waals surface area contributed by atoms with Crippen molar-refractivity contribution in [3.05, 3.63) is 0 Å². The zero-order valence-corrected chi connectivity index (χ0v) is 12.4. The van der Waals surface area contributed by atoms with Crippen molar-refractivity contribution in [1.82, 2.24) is 5.32 Å². The van der Waals surface area contributed by atoms with Gasteiger partial charge in [0.15, 0.2) is 0 Å². The van der Waals surface area contributed by atoms with Crippen LogP contribution in [0.4, 0.5) is 0 Å². The number of carbonyl (C=O) groups excluding carboxylic acids is 1. The highest BCUT2D eigenvalue weighted by molar-refractivity contribution is 6.60. The minimum absolute atomic E-state index is 0.0393. The van der Waals surface area contributed by atoms with Gasteiger partial charge in [-0.25, -0.2) is 0 Å². The molecule has 0 aliphatic heterocycles. The van der Waals surface area contributed by atoms with Crippen LogP contribution in [0.15, 0.2) is 0 Å². The Labute approximate surface area is 105 Å². The van der Waals surface area contributed by atoms with Gasteiger partial charge in [0.05, 0.1) is 0 Å². The maximum absolute atomic E-state index is 11.2. The van der Waals surface area contributed by atoms with Crippen LogP contribution in [-0.4, -0.2) is 41.1 Å². The quantitative estimate of drug-likeness (QED) is 0.608. The average molecular weight is 263 g/mol. The molecule has 6 heteroatoms. The SMILES string of the molecule is CCO[Si](CCNC(=O)CC)(OCC)OCC. The fourth-order valence-corrected chi connectivity index (χ4v) is 3.91. The van der Waals surface area contributed by atoms with E-state index in [2.05, 4.69) is 5.32 Å². The Morgan fingerprint density at radius 1 is 1.00 bits per heavy atom. The Morgan fingerprint density at radius 3 is 1.82 bits per heavy atom. The zero-order chi connectivity index (χ0) is 13.1. The largest absolute Gasteiger partial charge is 0.502 e. The van der Waals surface area contributed by atoms with Crippen molar-refractivity contribution in [1.29, 1.82) is 0 Å². The van der Waals surface area contributed by atoms with E-state index in [0.717, 1.165) is 0 Å². The van der Waals surface area contributed by atoms with Crippen molar-refractivity contribution in [3.63, 3.8) is 0 Å². The van der Waals surface area contributed by atoms with Crippen molar-refractivity contribution in [3.8, 4) is 0 Å². The highest BCUT2D eigenvalue weighted by atomic mass is 28.4. The second-order valence-electron chi connectivity index (χ2n) is 3.44. The summed E-state index contributed by atoms with van der Waals surface area (Å²) in [5.74, 6) is 0.0393. The first kappa shape index (κ1) is 16.6. The lowest BCUT2D eigenvalue weighted by molar-refractivity contribution is -0.120. The van der Waals surface area contributed by atoms with E-state index in [4.69, 9.17) is 13.3 Å². The second-order valence-corrected chi connectivity index (χ2v) is 6.17. The van der Waals surface area contributed by atoms with Gasteiger partial charge in [-0.15, -0.1) is 0 Å². The Hall–Kier alpha value is -0.433.